The predicted molar refractivity (Wildman–Crippen MR) is 229 cm³/mol. The first-order chi connectivity index (χ1) is 25.6. The molecule has 2 aliphatic carbocycles. The Morgan fingerprint density at radius 1 is 0.500 bits per heavy atom. The molecule has 0 saturated heterocycles. The second-order valence-electron chi connectivity index (χ2n) is 16.2. The molecule has 0 N–H and O–H groups in total. The molecule has 4 aromatic carbocycles. The maximum atomic E-state index is 8.95. The minimum atomic E-state index is -5.37. The molecular weight excluding hydrogens is 799 g/mol. The van der Waals surface area contributed by atoms with Crippen LogP contribution in [0.4, 0.5) is 0 Å². The van der Waals surface area contributed by atoms with Gasteiger partial charge >= 0.3 is 331 Å². The Morgan fingerprint density at radius 2 is 0.870 bits per heavy atom. The van der Waals surface area contributed by atoms with Crippen LogP contribution in [0, 0.1) is 55.4 Å². The van der Waals surface area contributed by atoms with Crippen molar-refractivity contribution in [3.8, 4) is 22.3 Å². The van der Waals surface area contributed by atoms with Gasteiger partial charge in [-0.25, -0.2) is 0 Å². The predicted octanol–water partition coefficient (Wildman–Crippen LogP) is 14.8. The van der Waals surface area contributed by atoms with E-state index in [1.165, 1.54) is 66.8 Å². The fourth-order valence-corrected chi connectivity index (χ4v) is 36.7. The van der Waals surface area contributed by atoms with Crippen LogP contribution in [0.25, 0.3) is 45.6 Å². The van der Waals surface area contributed by atoms with Crippen molar-refractivity contribution in [2.45, 2.75) is 75.7 Å². The summed E-state index contributed by atoms with van der Waals surface area (Å²) < 4.78 is 12.9. The number of fused-ring (bicyclic) bond motifs is 2. The van der Waals surface area contributed by atoms with E-state index in [9.17, 15) is 0 Å². The van der Waals surface area contributed by atoms with Gasteiger partial charge in [0.25, 0.3) is 0 Å². The summed E-state index contributed by atoms with van der Waals surface area (Å²) in [5.41, 5.74) is 17.7. The van der Waals surface area contributed by atoms with Gasteiger partial charge in [-0.05, 0) is 0 Å². The number of halogens is 2. The van der Waals surface area contributed by atoms with Gasteiger partial charge in [-0.3, -0.25) is 0 Å². The molecule has 0 radical (unpaired) electrons. The van der Waals surface area contributed by atoms with E-state index in [2.05, 4.69) is 152 Å². The SMILES string of the molecule is Cc1ccc(-c2c(C)ccc3c2C=C(c2cc(C)c(C)o2)[CH]3[Zr]([Cl])([Cl])([CH]2C(c3cc(C)c(C)o3)=Cc3c2ccc(C)c3-c2ccc(C)cc2)=[Si](C)C)cc1. The first kappa shape index (κ1) is 37.5. The Morgan fingerprint density at radius 3 is 1.19 bits per heavy atom. The van der Waals surface area contributed by atoms with Gasteiger partial charge in [-0.2, -0.15) is 0 Å². The van der Waals surface area contributed by atoms with Crippen molar-refractivity contribution in [3.05, 3.63) is 164 Å². The van der Waals surface area contributed by atoms with E-state index in [1.54, 1.807) is 0 Å². The molecule has 8 rings (SSSR count). The van der Waals surface area contributed by atoms with Crippen LogP contribution in [0.5, 0.6) is 0 Å². The first-order valence-corrected chi connectivity index (χ1v) is 34.3. The van der Waals surface area contributed by atoms with Crippen molar-refractivity contribution in [3.63, 3.8) is 0 Å². The molecule has 6 aromatic rings. The minimum absolute atomic E-state index is 0.218. The second-order valence-corrected chi connectivity index (χ2v) is 55.0. The number of aryl methyl sites for hydroxylation is 8. The number of benzene rings is 4. The van der Waals surface area contributed by atoms with Crippen molar-refractivity contribution in [1.82, 2.24) is 0 Å². The molecule has 6 heteroatoms. The Balaban J connectivity index is 1.47. The van der Waals surface area contributed by atoms with Gasteiger partial charge in [-0.15, -0.1) is 0 Å². The number of rotatable bonds is 6. The third kappa shape index (κ3) is 5.73. The molecule has 0 bridgehead atoms. The summed E-state index contributed by atoms with van der Waals surface area (Å²) >= 11 is -5.37. The van der Waals surface area contributed by atoms with Crippen LogP contribution in [0.3, 0.4) is 0 Å². The van der Waals surface area contributed by atoms with E-state index in [4.69, 9.17) is 25.9 Å². The van der Waals surface area contributed by atoms with E-state index in [1.807, 2.05) is 13.8 Å². The van der Waals surface area contributed by atoms with E-state index in [0.717, 1.165) is 45.3 Å². The summed E-state index contributed by atoms with van der Waals surface area (Å²) in [7, 11) is 17.9. The molecule has 2 aromatic heterocycles. The van der Waals surface area contributed by atoms with Crippen molar-refractivity contribution >= 4 is 45.8 Å². The van der Waals surface area contributed by atoms with Gasteiger partial charge in [0.15, 0.2) is 0 Å². The normalized spacial score (nSPS) is 16.7. The molecule has 0 amide bonds. The third-order valence-electron chi connectivity index (χ3n) is 12.4. The van der Waals surface area contributed by atoms with Crippen molar-refractivity contribution in [1.29, 1.82) is 0 Å². The zero-order valence-electron chi connectivity index (χ0n) is 33.0. The van der Waals surface area contributed by atoms with Gasteiger partial charge in [0.05, 0.1) is 0 Å². The standard InChI is InChI=1S/2C23H21O.C2H6Si.2ClH.Zr/c2*1-14-5-8-18(9-6-14)23-15(2)7-10-19-12-20(13-21(19)23)22-11-16(3)17(4)24-22;1-3-2;;;/h2*5-13H,1-4H3;1-2H3;2*1H;/q;;;;;+2/p-2. The fraction of sp³-hybridized carbons (Fsp3) is 0.250. The maximum absolute atomic E-state index is 8.95. The summed E-state index contributed by atoms with van der Waals surface area (Å²) in [6.45, 7) is 21.8. The zero-order valence-corrected chi connectivity index (χ0v) is 37.9. The van der Waals surface area contributed by atoms with Crippen LogP contribution in [-0.4, -0.2) is 5.43 Å². The van der Waals surface area contributed by atoms with Gasteiger partial charge < -0.3 is 0 Å². The average Bonchev–Trinajstić information content (AvgIpc) is 3.89. The molecule has 2 heterocycles. The molecule has 274 valence electrons. The molecule has 54 heavy (non-hydrogen) atoms. The first-order valence-electron chi connectivity index (χ1n) is 19.0. The summed E-state index contributed by atoms with van der Waals surface area (Å²) in [6, 6.07) is 31.3. The number of hydrogen-bond acceptors (Lipinski definition) is 2. The van der Waals surface area contributed by atoms with Crippen molar-refractivity contribution < 1.29 is 23.8 Å². The van der Waals surface area contributed by atoms with Gasteiger partial charge in [0.2, 0.25) is 0 Å². The Bertz CT molecular complexity index is 2440. The molecule has 0 fully saturated rings. The van der Waals surface area contributed by atoms with Crippen LogP contribution < -0.4 is 0 Å². The molecule has 0 spiro atoms. The number of furan rings is 2. The van der Waals surface area contributed by atoms with E-state index < -0.39 is 20.4 Å². The summed E-state index contributed by atoms with van der Waals surface area (Å²) in [6.07, 6.45) is 4.74. The second kappa shape index (κ2) is 13.4. The van der Waals surface area contributed by atoms with Gasteiger partial charge in [-0.1, -0.05) is 0 Å². The Labute approximate surface area is 328 Å². The monoisotopic (exact) mass is 844 g/mol. The molecule has 2 nitrogen and oxygen atoms in total. The zero-order chi connectivity index (χ0) is 38.5. The summed E-state index contributed by atoms with van der Waals surface area (Å²) in [4.78, 5) is 0. The molecule has 2 aliphatic rings. The molecule has 2 atom stereocenters. The Kier molecular flexibility index (Phi) is 9.29. The van der Waals surface area contributed by atoms with E-state index in [0.29, 0.717) is 0 Å². The molecular formula is C48H48Cl2O2SiZr. The quantitative estimate of drug-likeness (QED) is 0.156. The van der Waals surface area contributed by atoms with Crippen LogP contribution in [-0.2, 0) is 15.0 Å². The molecule has 0 aliphatic heterocycles. The van der Waals surface area contributed by atoms with Crippen LogP contribution in [0.15, 0.2) is 93.8 Å². The van der Waals surface area contributed by atoms with Crippen LogP contribution in [0.1, 0.15) is 85.9 Å². The topological polar surface area (TPSA) is 26.3 Å². The third-order valence-corrected chi connectivity index (χ3v) is 58.7. The van der Waals surface area contributed by atoms with E-state index in [-0.39, 0.29) is 7.25 Å². The van der Waals surface area contributed by atoms with Gasteiger partial charge in [0.1, 0.15) is 0 Å². The number of allylic oxidation sites excluding steroid dienone is 2. The average molecular weight is 847 g/mol. The van der Waals surface area contributed by atoms with Crippen molar-refractivity contribution in [2.24, 2.45) is 0 Å². The molecule has 0 saturated carbocycles. The fourth-order valence-electron chi connectivity index (χ4n) is 9.07. The van der Waals surface area contributed by atoms with Gasteiger partial charge in [0, 0.05) is 0 Å². The molecule has 2 unspecified atom stereocenters. The summed E-state index contributed by atoms with van der Waals surface area (Å²) in [5.74, 6) is 3.56. The van der Waals surface area contributed by atoms with Crippen LogP contribution >= 0.6 is 17.0 Å². The van der Waals surface area contributed by atoms with E-state index >= 15 is 0 Å². The van der Waals surface area contributed by atoms with Crippen LogP contribution in [0.2, 0.25) is 13.1 Å². The number of hydrogen-bond donors (Lipinski definition) is 0. The summed E-state index contributed by atoms with van der Waals surface area (Å²) in [5, 5.41) is 0. The van der Waals surface area contributed by atoms with Crippen molar-refractivity contribution in [2.75, 3.05) is 0 Å². The Hall–Kier alpha value is -3.40.